The lowest BCUT2D eigenvalue weighted by molar-refractivity contribution is 0.102. The minimum absolute atomic E-state index is 0.227. The van der Waals surface area contributed by atoms with Crippen LogP contribution in [0.4, 0.5) is 5.69 Å². The zero-order valence-electron chi connectivity index (χ0n) is 11.9. The molecule has 0 aliphatic carbocycles. The molecule has 1 atom stereocenters. The van der Waals surface area contributed by atoms with Crippen LogP contribution >= 0.6 is 0 Å². The number of carbonyl (C=O) groups is 1. The molecule has 5 heteroatoms. The van der Waals surface area contributed by atoms with Gasteiger partial charge in [-0.25, -0.2) is 4.98 Å². The second-order valence-electron chi connectivity index (χ2n) is 5.09. The van der Waals surface area contributed by atoms with Crippen molar-refractivity contribution in [2.24, 2.45) is 5.73 Å². The van der Waals surface area contributed by atoms with Crippen molar-refractivity contribution < 1.29 is 9.21 Å². The van der Waals surface area contributed by atoms with Gasteiger partial charge in [0, 0.05) is 5.69 Å². The van der Waals surface area contributed by atoms with E-state index in [0.29, 0.717) is 11.8 Å². The first-order valence-corrected chi connectivity index (χ1v) is 6.59. The number of nitrogens with two attached hydrogens (primary N) is 1. The third-order valence-corrected chi connectivity index (χ3v) is 2.98. The number of amides is 1. The van der Waals surface area contributed by atoms with Gasteiger partial charge in [-0.2, -0.15) is 0 Å². The average Bonchev–Trinajstić information content (AvgIpc) is 2.89. The van der Waals surface area contributed by atoms with E-state index in [-0.39, 0.29) is 17.6 Å². The van der Waals surface area contributed by atoms with Crippen molar-refractivity contribution in [3.8, 4) is 0 Å². The summed E-state index contributed by atoms with van der Waals surface area (Å²) in [4.78, 5) is 16.0. The number of aromatic nitrogens is 1. The molecular weight excluding hydrogens is 254 g/mol. The summed E-state index contributed by atoms with van der Waals surface area (Å²) in [6.45, 7) is 6.00. The third kappa shape index (κ3) is 3.24. The molecule has 1 amide bonds. The number of anilines is 1. The Hall–Kier alpha value is -2.14. The lowest BCUT2D eigenvalue weighted by atomic mass is 10.0. The van der Waals surface area contributed by atoms with Gasteiger partial charge in [-0.3, -0.25) is 4.79 Å². The van der Waals surface area contributed by atoms with Crippen molar-refractivity contribution in [2.75, 3.05) is 5.32 Å². The maximum absolute atomic E-state index is 12.0. The predicted octanol–water partition coefficient (Wildman–Crippen LogP) is 3.07. The Morgan fingerprint density at radius 2 is 1.90 bits per heavy atom. The molecule has 3 N–H and O–H groups in total. The lowest BCUT2D eigenvalue weighted by Gasteiger charge is -2.07. The summed E-state index contributed by atoms with van der Waals surface area (Å²) in [5, 5.41) is 2.77. The summed E-state index contributed by atoms with van der Waals surface area (Å²) < 4.78 is 5.14. The molecule has 2 rings (SSSR count). The molecule has 1 unspecified atom stereocenters. The van der Waals surface area contributed by atoms with E-state index in [0.717, 1.165) is 5.69 Å². The molecule has 2 aromatic rings. The van der Waals surface area contributed by atoms with Gasteiger partial charge in [0.05, 0.1) is 6.04 Å². The smallest absolute Gasteiger partial charge is 0.277 e. The third-order valence-electron chi connectivity index (χ3n) is 2.98. The number of benzene rings is 1. The molecule has 1 aromatic heterocycles. The number of carbonyl (C=O) groups excluding carboxylic acids is 1. The number of oxazole rings is 1. The molecule has 106 valence electrons. The van der Waals surface area contributed by atoms with Gasteiger partial charge in [0.15, 0.2) is 5.69 Å². The van der Waals surface area contributed by atoms with Crippen molar-refractivity contribution in [3.63, 3.8) is 0 Å². The van der Waals surface area contributed by atoms with Crippen LogP contribution in [0.3, 0.4) is 0 Å². The highest BCUT2D eigenvalue weighted by Gasteiger charge is 2.14. The Balaban J connectivity index is 2.06. The standard InChI is InChI=1S/C15H19N3O2/c1-9(2)11-4-6-12(7-5-11)17-14(19)13-8-20-15(18-13)10(3)16/h4-10H,16H2,1-3H3,(H,17,19). The molecule has 0 radical (unpaired) electrons. The van der Waals surface area contributed by atoms with Crippen LogP contribution in [-0.4, -0.2) is 10.9 Å². The van der Waals surface area contributed by atoms with Crippen LogP contribution in [0, 0.1) is 0 Å². The van der Waals surface area contributed by atoms with E-state index in [4.69, 9.17) is 10.2 Å². The molecule has 0 saturated heterocycles. The van der Waals surface area contributed by atoms with Crippen LogP contribution in [-0.2, 0) is 0 Å². The van der Waals surface area contributed by atoms with Gasteiger partial charge in [0.2, 0.25) is 5.89 Å². The Kier molecular flexibility index (Phi) is 4.20. The van der Waals surface area contributed by atoms with Gasteiger partial charge in [-0.05, 0) is 30.5 Å². The molecular formula is C15H19N3O2. The van der Waals surface area contributed by atoms with Gasteiger partial charge in [-0.15, -0.1) is 0 Å². The lowest BCUT2D eigenvalue weighted by Crippen LogP contribution is -2.13. The zero-order valence-corrected chi connectivity index (χ0v) is 11.9. The quantitative estimate of drug-likeness (QED) is 0.897. The number of hydrogen-bond acceptors (Lipinski definition) is 4. The largest absolute Gasteiger partial charge is 0.446 e. The van der Waals surface area contributed by atoms with Gasteiger partial charge in [0.1, 0.15) is 6.26 Å². The van der Waals surface area contributed by atoms with E-state index in [1.807, 2.05) is 24.3 Å². The van der Waals surface area contributed by atoms with E-state index in [9.17, 15) is 4.79 Å². The van der Waals surface area contributed by atoms with Crippen LogP contribution in [0.1, 0.15) is 54.7 Å². The SMILES string of the molecule is CC(C)c1ccc(NC(=O)c2coc(C(C)N)n2)cc1. The Morgan fingerprint density at radius 3 is 2.40 bits per heavy atom. The molecule has 0 fully saturated rings. The summed E-state index contributed by atoms with van der Waals surface area (Å²) in [5.41, 5.74) is 7.82. The maximum atomic E-state index is 12.0. The first kappa shape index (κ1) is 14.3. The molecule has 0 spiro atoms. The van der Waals surface area contributed by atoms with Gasteiger partial charge in [-0.1, -0.05) is 26.0 Å². The summed E-state index contributed by atoms with van der Waals surface area (Å²) >= 11 is 0. The van der Waals surface area contributed by atoms with E-state index < -0.39 is 0 Å². The molecule has 5 nitrogen and oxygen atoms in total. The highest BCUT2D eigenvalue weighted by molar-refractivity contribution is 6.02. The number of nitrogens with zero attached hydrogens (tertiary/aromatic N) is 1. The number of hydrogen-bond donors (Lipinski definition) is 2. The van der Waals surface area contributed by atoms with E-state index in [2.05, 4.69) is 24.1 Å². The Labute approximate surface area is 118 Å². The fraction of sp³-hybridized carbons (Fsp3) is 0.333. The summed E-state index contributed by atoms with van der Waals surface area (Å²) in [6, 6.07) is 7.41. The summed E-state index contributed by atoms with van der Waals surface area (Å²) in [6.07, 6.45) is 1.32. The maximum Gasteiger partial charge on any atom is 0.277 e. The predicted molar refractivity (Wildman–Crippen MR) is 77.6 cm³/mol. The van der Waals surface area contributed by atoms with E-state index >= 15 is 0 Å². The van der Waals surface area contributed by atoms with Crippen molar-refractivity contribution in [2.45, 2.75) is 32.7 Å². The van der Waals surface area contributed by atoms with Crippen LogP contribution in [0.25, 0.3) is 0 Å². The first-order chi connectivity index (χ1) is 9.47. The van der Waals surface area contributed by atoms with Crippen molar-refractivity contribution in [3.05, 3.63) is 47.7 Å². The molecule has 1 aromatic carbocycles. The van der Waals surface area contributed by atoms with Crippen LogP contribution < -0.4 is 11.1 Å². The molecule has 1 heterocycles. The summed E-state index contributed by atoms with van der Waals surface area (Å²) in [5.74, 6) is 0.507. The molecule has 0 aliphatic rings. The highest BCUT2D eigenvalue weighted by atomic mass is 16.3. The Morgan fingerprint density at radius 1 is 1.25 bits per heavy atom. The van der Waals surface area contributed by atoms with E-state index in [1.54, 1.807) is 6.92 Å². The highest BCUT2D eigenvalue weighted by Crippen LogP contribution is 2.18. The molecule has 0 bridgehead atoms. The topological polar surface area (TPSA) is 81.2 Å². The Bertz CT molecular complexity index is 585. The number of rotatable bonds is 4. The first-order valence-electron chi connectivity index (χ1n) is 6.59. The van der Waals surface area contributed by atoms with Crippen molar-refractivity contribution >= 4 is 11.6 Å². The van der Waals surface area contributed by atoms with Gasteiger partial charge >= 0.3 is 0 Å². The van der Waals surface area contributed by atoms with Crippen LogP contribution in [0.2, 0.25) is 0 Å². The van der Waals surface area contributed by atoms with Crippen LogP contribution in [0.5, 0.6) is 0 Å². The second kappa shape index (κ2) is 5.88. The number of nitrogens with one attached hydrogen (secondary N) is 1. The normalized spacial score (nSPS) is 12.4. The molecule has 20 heavy (non-hydrogen) atoms. The minimum atomic E-state index is -0.332. The van der Waals surface area contributed by atoms with Crippen molar-refractivity contribution in [1.29, 1.82) is 0 Å². The van der Waals surface area contributed by atoms with Crippen molar-refractivity contribution in [1.82, 2.24) is 4.98 Å². The zero-order chi connectivity index (χ0) is 14.7. The average molecular weight is 273 g/mol. The fourth-order valence-electron chi connectivity index (χ4n) is 1.75. The fourth-order valence-corrected chi connectivity index (χ4v) is 1.75. The van der Waals surface area contributed by atoms with Gasteiger partial charge in [0.25, 0.3) is 5.91 Å². The molecule has 0 saturated carbocycles. The van der Waals surface area contributed by atoms with Crippen LogP contribution in [0.15, 0.2) is 34.9 Å². The summed E-state index contributed by atoms with van der Waals surface area (Å²) in [7, 11) is 0. The van der Waals surface area contributed by atoms with E-state index in [1.165, 1.54) is 11.8 Å². The monoisotopic (exact) mass is 273 g/mol. The van der Waals surface area contributed by atoms with Gasteiger partial charge < -0.3 is 15.5 Å². The molecule has 0 aliphatic heterocycles. The minimum Gasteiger partial charge on any atom is -0.446 e. The second-order valence-corrected chi connectivity index (χ2v) is 5.09.